The highest BCUT2D eigenvalue weighted by atomic mass is 32.2. The number of carbonyl (C=O) groups excluding carboxylic acids is 1. The van der Waals surface area contributed by atoms with Crippen molar-refractivity contribution in [2.24, 2.45) is 0 Å². The van der Waals surface area contributed by atoms with Gasteiger partial charge < -0.3 is 10.2 Å². The van der Waals surface area contributed by atoms with Crippen LogP contribution in [0.25, 0.3) is 0 Å². The number of sulfonamides is 1. The van der Waals surface area contributed by atoms with Gasteiger partial charge in [-0.05, 0) is 43.2 Å². The van der Waals surface area contributed by atoms with E-state index in [9.17, 15) is 13.2 Å². The van der Waals surface area contributed by atoms with E-state index < -0.39 is 10.0 Å². The minimum atomic E-state index is -3.43. The highest BCUT2D eigenvalue weighted by Gasteiger charge is 2.16. The Morgan fingerprint density at radius 1 is 1.04 bits per heavy atom. The van der Waals surface area contributed by atoms with Gasteiger partial charge in [-0.25, -0.2) is 13.1 Å². The standard InChI is InChI=1S/C20H27N3O3S/c1-15(2)22-27(25,26)14-18-9-6-5-8-17(18)13-21-20(24)16-10-7-11-19(12-16)23(3)4/h5-12,15,22H,13-14H2,1-4H3,(H,21,24). The molecule has 0 saturated carbocycles. The van der Waals surface area contributed by atoms with Crippen LogP contribution in [0.5, 0.6) is 0 Å². The molecule has 0 radical (unpaired) electrons. The quantitative estimate of drug-likeness (QED) is 0.727. The van der Waals surface area contributed by atoms with Crippen LogP contribution in [0.2, 0.25) is 0 Å². The maximum Gasteiger partial charge on any atom is 0.251 e. The number of hydrogen-bond donors (Lipinski definition) is 2. The van der Waals surface area contributed by atoms with Crippen molar-refractivity contribution in [2.45, 2.75) is 32.2 Å². The van der Waals surface area contributed by atoms with Crippen LogP contribution in [0.4, 0.5) is 5.69 Å². The molecule has 2 aromatic rings. The largest absolute Gasteiger partial charge is 0.378 e. The summed E-state index contributed by atoms with van der Waals surface area (Å²) in [4.78, 5) is 14.4. The third-order valence-corrected chi connectivity index (χ3v) is 5.46. The van der Waals surface area contributed by atoms with Crippen LogP contribution in [0.3, 0.4) is 0 Å². The van der Waals surface area contributed by atoms with Crippen LogP contribution in [0.15, 0.2) is 48.5 Å². The lowest BCUT2D eigenvalue weighted by Crippen LogP contribution is -2.32. The molecule has 2 rings (SSSR count). The zero-order valence-corrected chi connectivity index (χ0v) is 17.0. The van der Waals surface area contributed by atoms with Crippen molar-refractivity contribution >= 4 is 21.6 Å². The van der Waals surface area contributed by atoms with E-state index in [-0.39, 0.29) is 24.2 Å². The molecule has 2 N–H and O–H groups in total. The van der Waals surface area contributed by atoms with Gasteiger partial charge in [0.2, 0.25) is 10.0 Å². The fraction of sp³-hybridized carbons (Fsp3) is 0.350. The Balaban J connectivity index is 2.10. The summed E-state index contributed by atoms with van der Waals surface area (Å²) in [5.41, 5.74) is 2.96. The molecule has 0 spiro atoms. The Morgan fingerprint density at radius 3 is 2.33 bits per heavy atom. The smallest absolute Gasteiger partial charge is 0.251 e. The first kappa shape index (κ1) is 20.9. The molecule has 6 nitrogen and oxygen atoms in total. The van der Waals surface area contributed by atoms with E-state index in [1.807, 2.05) is 49.3 Å². The molecule has 0 unspecified atom stereocenters. The Labute approximate surface area is 161 Å². The van der Waals surface area contributed by atoms with Crippen molar-refractivity contribution < 1.29 is 13.2 Å². The number of hydrogen-bond acceptors (Lipinski definition) is 4. The minimum Gasteiger partial charge on any atom is -0.378 e. The number of nitrogens with zero attached hydrogens (tertiary/aromatic N) is 1. The molecular formula is C20H27N3O3S. The summed E-state index contributed by atoms with van der Waals surface area (Å²) >= 11 is 0. The normalized spacial score (nSPS) is 11.4. The van der Waals surface area contributed by atoms with Gasteiger partial charge in [0, 0.05) is 37.9 Å². The predicted molar refractivity (Wildman–Crippen MR) is 109 cm³/mol. The number of amides is 1. The van der Waals surface area contributed by atoms with Crippen molar-refractivity contribution in [1.29, 1.82) is 0 Å². The number of carbonyl (C=O) groups is 1. The number of nitrogens with one attached hydrogen (secondary N) is 2. The molecule has 0 aromatic heterocycles. The van der Waals surface area contributed by atoms with Crippen molar-refractivity contribution in [3.63, 3.8) is 0 Å². The number of benzene rings is 2. The molecule has 0 atom stereocenters. The van der Waals surface area contributed by atoms with E-state index in [1.165, 1.54) is 0 Å². The first-order valence-corrected chi connectivity index (χ1v) is 10.5. The molecule has 27 heavy (non-hydrogen) atoms. The molecule has 0 heterocycles. The van der Waals surface area contributed by atoms with Gasteiger partial charge in [-0.15, -0.1) is 0 Å². The maximum absolute atomic E-state index is 12.5. The van der Waals surface area contributed by atoms with Gasteiger partial charge in [-0.3, -0.25) is 4.79 Å². The second kappa shape index (κ2) is 9.01. The van der Waals surface area contributed by atoms with Gasteiger partial charge in [0.15, 0.2) is 0 Å². The molecule has 0 bridgehead atoms. The van der Waals surface area contributed by atoms with Crippen LogP contribution >= 0.6 is 0 Å². The summed E-state index contributed by atoms with van der Waals surface area (Å²) in [6, 6.07) is 14.4. The molecule has 1 amide bonds. The summed E-state index contributed by atoms with van der Waals surface area (Å²) < 4.78 is 27.0. The second-order valence-electron chi connectivity index (χ2n) is 6.93. The fourth-order valence-corrected chi connectivity index (χ4v) is 4.17. The van der Waals surface area contributed by atoms with Gasteiger partial charge in [-0.1, -0.05) is 30.3 Å². The molecule has 7 heteroatoms. The Bertz CT molecular complexity index is 893. The van der Waals surface area contributed by atoms with Crippen LogP contribution < -0.4 is 14.9 Å². The first-order valence-electron chi connectivity index (χ1n) is 8.80. The van der Waals surface area contributed by atoms with Gasteiger partial charge in [0.25, 0.3) is 5.91 Å². The molecule has 0 aliphatic heterocycles. The average molecular weight is 390 g/mol. The zero-order valence-electron chi connectivity index (χ0n) is 16.2. The van der Waals surface area contributed by atoms with Gasteiger partial charge >= 0.3 is 0 Å². The van der Waals surface area contributed by atoms with Gasteiger partial charge in [0.1, 0.15) is 0 Å². The van der Waals surface area contributed by atoms with Crippen molar-refractivity contribution in [3.8, 4) is 0 Å². The number of anilines is 1. The lowest BCUT2D eigenvalue weighted by Gasteiger charge is -2.15. The first-order chi connectivity index (χ1) is 12.7. The SMILES string of the molecule is CC(C)NS(=O)(=O)Cc1ccccc1CNC(=O)c1cccc(N(C)C)c1. The molecular weight excluding hydrogens is 362 g/mol. The summed E-state index contributed by atoms with van der Waals surface area (Å²) in [7, 11) is 0.401. The molecule has 0 aliphatic carbocycles. The summed E-state index contributed by atoms with van der Waals surface area (Å²) in [5, 5.41) is 2.88. The maximum atomic E-state index is 12.5. The van der Waals surface area contributed by atoms with Crippen molar-refractivity contribution in [2.75, 3.05) is 19.0 Å². The Morgan fingerprint density at radius 2 is 1.70 bits per heavy atom. The zero-order chi connectivity index (χ0) is 20.0. The Hall–Kier alpha value is -2.38. The second-order valence-corrected chi connectivity index (χ2v) is 8.68. The van der Waals surface area contributed by atoms with E-state index in [0.29, 0.717) is 11.1 Å². The monoisotopic (exact) mass is 389 g/mol. The van der Waals surface area contributed by atoms with Crippen molar-refractivity contribution in [3.05, 3.63) is 65.2 Å². The Kier molecular flexibility index (Phi) is 6.98. The third kappa shape index (κ3) is 6.37. The van der Waals surface area contributed by atoms with E-state index in [1.54, 1.807) is 32.0 Å². The predicted octanol–water partition coefficient (Wildman–Crippen LogP) is 2.51. The molecule has 0 saturated heterocycles. The topological polar surface area (TPSA) is 78.5 Å². The van der Waals surface area contributed by atoms with Crippen LogP contribution in [0.1, 0.15) is 35.3 Å². The van der Waals surface area contributed by atoms with Crippen LogP contribution in [0, 0.1) is 0 Å². The van der Waals surface area contributed by atoms with Crippen molar-refractivity contribution in [1.82, 2.24) is 10.0 Å². The summed E-state index contributed by atoms with van der Waals surface area (Å²) in [5.74, 6) is -0.315. The van der Waals surface area contributed by atoms with Gasteiger partial charge in [-0.2, -0.15) is 0 Å². The highest BCUT2D eigenvalue weighted by molar-refractivity contribution is 7.88. The lowest BCUT2D eigenvalue weighted by atomic mass is 10.1. The van der Waals surface area contributed by atoms with Crippen LogP contribution in [-0.4, -0.2) is 34.5 Å². The van der Waals surface area contributed by atoms with Crippen LogP contribution in [-0.2, 0) is 22.3 Å². The highest BCUT2D eigenvalue weighted by Crippen LogP contribution is 2.15. The van der Waals surface area contributed by atoms with E-state index in [0.717, 1.165) is 11.3 Å². The van der Waals surface area contributed by atoms with E-state index in [4.69, 9.17) is 0 Å². The number of rotatable bonds is 8. The average Bonchev–Trinajstić information content (AvgIpc) is 2.59. The summed E-state index contributed by atoms with van der Waals surface area (Å²) in [6.45, 7) is 3.83. The van der Waals surface area contributed by atoms with E-state index in [2.05, 4.69) is 10.0 Å². The lowest BCUT2D eigenvalue weighted by molar-refractivity contribution is 0.0951. The molecule has 0 aliphatic rings. The molecule has 0 fully saturated rings. The third-order valence-electron chi connectivity index (χ3n) is 3.94. The van der Waals surface area contributed by atoms with Gasteiger partial charge in [0.05, 0.1) is 5.75 Å². The molecule has 2 aromatic carbocycles. The minimum absolute atomic E-state index is 0.118. The molecule has 146 valence electrons. The summed E-state index contributed by atoms with van der Waals surface area (Å²) in [6.07, 6.45) is 0. The van der Waals surface area contributed by atoms with E-state index >= 15 is 0 Å². The fourth-order valence-electron chi connectivity index (χ4n) is 2.68.